The lowest BCUT2D eigenvalue weighted by atomic mass is 9.89. The molecule has 0 spiro atoms. The van der Waals surface area contributed by atoms with Crippen molar-refractivity contribution in [1.82, 2.24) is 5.32 Å². The lowest BCUT2D eigenvalue weighted by molar-refractivity contribution is -0.128. The zero-order chi connectivity index (χ0) is 21.5. The van der Waals surface area contributed by atoms with E-state index in [0.29, 0.717) is 11.4 Å². The Bertz CT molecular complexity index is 1080. The number of nitrogens with zero attached hydrogens (tertiary/aromatic N) is 1. The molecule has 1 aliphatic heterocycles. The molecule has 1 N–H and O–H groups in total. The number of amides is 1. The summed E-state index contributed by atoms with van der Waals surface area (Å²) in [7, 11) is -3.54. The normalized spacial score (nSPS) is 19.3. The van der Waals surface area contributed by atoms with Crippen LogP contribution in [0.5, 0.6) is 5.75 Å². The first-order valence-corrected chi connectivity index (χ1v) is 12.2. The molecule has 2 aromatic rings. The molecule has 2 aromatic carbocycles. The maximum atomic E-state index is 13.0. The van der Waals surface area contributed by atoms with E-state index in [9.17, 15) is 13.2 Å². The Labute approximate surface area is 178 Å². The number of anilines is 1. The fourth-order valence-corrected chi connectivity index (χ4v) is 5.13. The summed E-state index contributed by atoms with van der Waals surface area (Å²) < 4.78 is 31.8. The van der Waals surface area contributed by atoms with Gasteiger partial charge in [-0.05, 0) is 73.9 Å². The molecule has 0 saturated carbocycles. The average Bonchev–Trinajstić information content (AvgIpc) is 2.71. The molecular weight excluding hydrogens is 400 g/mol. The van der Waals surface area contributed by atoms with Gasteiger partial charge in [-0.3, -0.25) is 9.10 Å². The van der Waals surface area contributed by atoms with E-state index in [1.165, 1.54) is 28.3 Å². The van der Waals surface area contributed by atoms with Crippen molar-refractivity contribution < 1.29 is 17.9 Å². The molecule has 1 heterocycles. The van der Waals surface area contributed by atoms with Crippen LogP contribution in [0.15, 0.2) is 36.4 Å². The number of ether oxygens (including phenoxy) is 1. The van der Waals surface area contributed by atoms with Crippen LogP contribution in [0.25, 0.3) is 0 Å². The molecule has 0 aromatic heterocycles. The number of fused-ring (bicyclic) bond motifs is 2. The van der Waals surface area contributed by atoms with Gasteiger partial charge in [0.15, 0.2) is 6.10 Å². The molecule has 1 amide bonds. The zero-order valence-corrected chi connectivity index (χ0v) is 18.5. The molecule has 2 aliphatic rings. The van der Waals surface area contributed by atoms with Gasteiger partial charge in [-0.25, -0.2) is 8.42 Å². The summed E-state index contributed by atoms with van der Waals surface area (Å²) in [4.78, 5) is 13.0. The lowest BCUT2D eigenvalue weighted by Gasteiger charge is -2.34. The molecule has 1 aliphatic carbocycles. The van der Waals surface area contributed by atoms with Gasteiger partial charge in [-0.15, -0.1) is 0 Å². The van der Waals surface area contributed by atoms with Crippen LogP contribution in [0.3, 0.4) is 0 Å². The van der Waals surface area contributed by atoms with E-state index in [4.69, 9.17) is 4.74 Å². The summed E-state index contributed by atoms with van der Waals surface area (Å²) >= 11 is 0. The Morgan fingerprint density at radius 1 is 1.13 bits per heavy atom. The molecule has 6 nitrogen and oxygen atoms in total. The Hall–Kier alpha value is -2.54. The van der Waals surface area contributed by atoms with Gasteiger partial charge in [-0.2, -0.15) is 0 Å². The zero-order valence-electron chi connectivity index (χ0n) is 17.6. The number of sulfonamides is 1. The van der Waals surface area contributed by atoms with Gasteiger partial charge in [-0.1, -0.05) is 24.3 Å². The van der Waals surface area contributed by atoms with Crippen LogP contribution in [-0.2, 0) is 27.7 Å². The van der Waals surface area contributed by atoms with E-state index in [1.54, 1.807) is 12.1 Å². The van der Waals surface area contributed by atoms with Gasteiger partial charge in [0.05, 0.1) is 24.5 Å². The van der Waals surface area contributed by atoms with Crippen LogP contribution in [0.2, 0.25) is 0 Å². The summed E-state index contributed by atoms with van der Waals surface area (Å²) in [6.45, 7) is 3.79. The number of nitrogens with one attached hydrogen (secondary N) is 1. The number of carbonyl (C=O) groups is 1. The molecule has 7 heteroatoms. The van der Waals surface area contributed by atoms with Gasteiger partial charge in [0.25, 0.3) is 5.91 Å². The van der Waals surface area contributed by atoms with Gasteiger partial charge < -0.3 is 10.1 Å². The van der Waals surface area contributed by atoms with Crippen LogP contribution in [0.1, 0.15) is 48.1 Å². The highest BCUT2D eigenvalue weighted by molar-refractivity contribution is 7.92. The Kier molecular flexibility index (Phi) is 5.49. The second-order valence-corrected chi connectivity index (χ2v) is 10.2. The smallest absolute Gasteiger partial charge is 0.263 e. The topological polar surface area (TPSA) is 75.7 Å². The van der Waals surface area contributed by atoms with Crippen LogP contribution < -0.4 is 14.4 Å². The number of carbonyl (C=O) groups excluding carboxylic acids is 1. The van der Waals surface area contributed by atoms with Crippen molar-refractivity contribution in [1.29, 1.82) is 0 Å². The van der Waals surface area contributed by atoms with Crippen LogP contribution >= 0.6 is 0 Å². The first kappa shape index (κ1) is 20.7. The molecule has 0 bridgehead atoms. The van der Waals surface area contributed by atoms with Gasteiger partial charge >= 0.3 is 0 Å². The third-order valence-corrected chi connectivity index (χ3v) is 7.05. The molecule has 160 valence electrons. The summed E-state index contributed by atoms with van der Waals surface area (Å²) in [5.41, 5.74) is 5.21. The number of aryl methyl sites for hydroxylation is 3. The second kappa shape index (κ2) is 7.95. The number of benzene rings is 2. The van der Waals surface area contributed by atoms with Crippen molar-refractivity contribution in [3.8, 4) is 5.75 Å². The molecule has 0 saturated heterocycles. The molecular formula is C23H28N2O4S. The van der Waals surface area contributed by atoms with E-state index in [2.05, 4.69) is 23.5 Å². The van der Waals surface area contributed by atoms with E-state index < -0.39 is 16.1 Å². The fourth-order valence-electron chi connectivity index (χ4n) is 4.22. The molecule has 2 atom stereocenters. The summed E-state index contributed by atoms with van der Waals surface area (Å²) in [5.74, 6) is 0.0824. The summed E-state index contributed by atoms with van der Waals surface area (Å²) in [6.07, 6.45) is 4.87. The number of hydrogen-bond donors (Lipinski definition) is 1. The fraction of sp³-hybridized carbons (Fsp3) is 0.435. The molecule has 0 fully saturated rings. The molecule has 30 heavy (non-hydrogen) atoms. The van der Waals surface area contributed by atoms with Crippen molar-refractivity contribution in [3.63, 3.8) is 0 Å². The van der Waals surface area contributed by atoms with Gasteiger partial charge in [0.1, 0.15) is 5.75 Å². The highest BCUT2D eigenvalue weighted by Crippen LogP contribution is 2.36. The largest absolute Gasteiger partial charge is 0.476 e. The van der Waals surface area contributed by atoms with Gasteiger partial charge in [0, 0.05) is 0 Å². The van der Waals surface area contributed by atoms with Crippen LogP contribution in [-0.4, -0.2) is 33.2 Å². The van der Waals surface area contributed by atoms with Crippen LogP contribution in [0, 0.1) is 6.92 Å². The van der Waals surface area contributed by atoms with Crippen molar-refractivity contribution in [3.05, 3.63) is 58.7 Å². The quantitative estimate of drug-likeness (QED) is 0.811. The predicted octanol–water partition coefficient (Wildman–Crippen LogP) is 3.28. The summed E-state index contributed by atoms with van der Waals surface area (Å²) in [5, 5.41) is 3.00. The van der Waals surface area contributed by atoms with Crippen molar-refractivity contribution >= 4 is 21.6 Å². The minimum absolute atomic E-state index is 0.0436. The first-order valence-electron chi connectivity index (χ1n) is 10.4. The predicted molar refractivity (Wildman–Crippen MR) is 117 cm³/mol. The average molecular weight is 429 g/mol. The Morgan fingerprint density at radius 2 is 1.87 bits per heavy atom. The maximum absolute atomic E-state index is 13.0. The van der Waals surface area contributed by atoms with Gasteiger partial charge in [0.2, 0.25) is 10.0 Å². The Morgan fingerprint density at radius 3 is 2.60 bits per heavy atom. The third-order valence-electron chi connectivity index (χ3n) is 5.91. The van der Waals surface area contributed by atoms with Crippen LogP contribution in [0.4, 0.5) is 5.69 Å². The van der Waals surface area contributed by atoms with Crippen molar-refractivity contribution in [2.75, 3.05) is 17.1 Å². The van der Waals surface area contributed by atoms with Crippen molar-refractivity contribution in [2.24, 2.45) is 0 Å². The standard InChI is InChI=1S/C23H28N2O4S/c1-15-8-11-21-20(12-15)25(30(3,27)28)14-22(29-21)23(26)24-16(2)18-10-9-17-6-4-5-7-19(17)13-18/h8-13,16,22H,4-7,14H2,1-3H3,(H,24,26)/t16-,22+/m1/s1. The van der Waals surface area contributed by atoms with E-state index in [0.717, 1.165) is 30.2 Å². The Balaban J connectivity index is 1.53. The number of hydrogen-bond acceptors (Lipinski definition) is 4. The summed E-state index contributed by atoms with van der Waals surface area (Å²) in [6, 6.07) is 11.5. The lowest BCUT2D eigenvalue weighted by Crippen LogP contribution is -2.50. The second-order valence-electron chi connectivity index (χ2n) is 8.34. The highest BCUT2D eigenvalue weighted by Gasteiger charge is 2.35. The first-order chi connectivity index (χ1) is 14.2. The number of rotatable bonds is 4. The van der Waals surface area contributed by atoms with Crippen molar-refractivity contribution in [2.45, 2.75) is 51.7 Å². The minimum Gasteiger partial charge on any atom is -0.476 e. The third kappa shape index (κ3) is 4.17. The highest BCUT2D eigenvalue weighted by atomic mass is 32.2. The minimum atomic E-state index is -3.54. The van der Waals surface area contributed by atoms with E-state index in [1.807, 2.05) is 19.9 Å². The SMILES string of the molecule is Cc1ccc2c(c1)N(S(C)(=O)=O)C[C@@H](C(=O)N[C@H](C)c1ccc3c(c1)CCCC3)O2. The maximum Gasteiger partial charge on any atom is 0.263 e. The molecule has 0 unspecified atom stereocenters. The molecule has 0 radical (unpaired) electrons. The molecule has 4 rings (SSSR count). The monoisotopic (exact) mass is 428 g/mol. The van der Waals surface area contributed by atoms with E-state index >= 15 is 0 Å². The van der Waals surface area contributed by atoms with E-state index in [-0.39, 0.29) is 18.5 Å².